The number of primary amides is 1. The first-order valence-corrected chi connectivity index (χ1v) is 6.19. The Hall–Kier alpha value is -1.77. The molecule has 1 aromatic rings. The van der Waals surface area contributed by atoms with Gasteiger partial charge >= 0.3 is 12.2 Å². The zero-order valence-corrected chi connectivity index (χ0v) is 11.6. The van der Waals surface area contributed by atoms with Gasteiger partial charge in [0.1, 0.15) is 0 Å². The van der Waals surface area contributed by atoms with Crippen molar-refractivity contribution in [3.05, 3.63) is 33.8 Å². The third-order valence-corrected chi connectivity index (χ3v) is 2.73. The van der Waals surface area contributed by atoms with E-state index in [2.05, 4.69) is 26.6 Å². The van der Waals surface area contributed by atoms with Crippen LogP contribution in [0.5, 0.6) is 0 Å². The van der Waals surface area contributed by atoms with E-state index in [1.54, 1.807) is 0 Å². The minimum atomic E-state index is -4.64. The van der Waals surface area contributed by atoms with Crippen LogP contribution in [0.4, 0.5) is 18.0 Å². The van der Waals surface area contributed by atoms with Crippen LogP contribution in [0.3, 0.4) is 0 Å². The number of amides is 3. The average Bonchev–Trinajstić information content (AvgIpc) is 2.33. The fourth-order valence-corrected chi connectivity index (χ4v) is 1.77. The van der Waals surface area contributed by atoms with Crippen molar-refractivity contribution in [2.24, 2.45) is 5.73 Å². The van der Waals surface area contributed by atoms with Crippen molar-refractivity contribution >= 4 is 27.9 Å². The molecule has 0 spiro atoms. The SMILES string of the molecule is NC(=O)NCCNC(=O)c1ccc(Br)cc1C(F)(F)F. The van der Waals surface area contributed by atoms with E-state index in [0.29, 0.717) is 0 Å². The van der Waals surface area contributed by atoms with Gasteiger partial charge in [-0.05, 0) is 18.2 Å². The number of nitrogens with two attached hydrogens (primary N) is 1. The second kappa shape index (κ2) is 6.60. The fourth-order valence-electron chi connectivity index (χ4n) is 1.41. The first kappa shape index (κ1) is 16.3. The third-order valence-electron chi connectivity index (χ3n) is 2.24. The Morgan fingerprint density at radius 2 is 1.80 bits per heavy atom. The number of nitrogens with one attached hydrogen (secondary N) is 2. The molecule has 1 rings (SSSR count). The lowest BCUT2D eigenvalue weighted by atomic mass is 10.1. The van der Waals surface area contributed by atoms with Gasteiger partial charge in [0.2, 0.25) is 0 Å². The number of halogens is 4. The summed E-state index contributed by atoms with van der Waals surface area (Å²) in [5, 5.41) is 4.46. The molecule has 0 radical (unpaired) electrons. The molecule has 0 unspecified atom stereocenters. The van der Waals surface area contributed by atoms with Gasteiger partial charge in [-0.3, -0.25) is 4.79 Å². The smallest absolute Gasteiger partial charge is 0.352 e. The van der Waals surface area contributed by atoms with Crippen LogP contribution in [0.1, 0.15) is 15.9 Å². The normalized spacial score (nSPS) is 11.0. The largest absolute Gasteiger partial charge is 0.417 e. The summed E-state index contributed by atoms with van der Waals surface area (Å²) in [4.78, 5) is 22.1. The first-order valence-electron chi connectivity index (χ1n) is 5.40. The Morgan fingerprint density at radius 3 is 2.35 bits per heavy atom. The Labute approximate surface area is 120 Å². The van der Waals surface area contributed by atoms with Gasteiger partial charge in [-0.15, -0.1) is 0 Å². The van der Waals surface area contributed by atoms with Gasteiger partial charge in [-0.2, -0.15) is 13.2 Å². The van der Waals surface area contributed by atoms with Crippen LogP contribution in [0, 0.1) is 0 Å². The van der Waals surface area contributed by atoms with Crippen LogP contribution in [0.15, 0.2) is 22.7 Å². The highest BCUT2D eigenvalue weighted by Gasteiger charge is 2.35. The Balaban J connectivity index is 2.80. The number of urea groups is 1. The van der Waals surface area contributed by atoms with E-state index in [1.165, 1.54) is 6.07 Å². The number of rotatable bonds is 4. The van der Waals surface area contributed by atoms with Gasteiger partial charge in [0, 0.05) is 17.6 Å². The van der Waals surface area contributed by atoms with E-state index in [9.17, 15) is 22.8 Å². The lowest BCUT2D eigenvalue weighted by molar-refractivity contribution is -0.138. The average molecular weight is 354 g/mol. The van der Waals surface area contributed by atoms with Gasteiger partial charge < -0.3 is 16.4 Å². The lowest BCUT2D eigenvalue weighted by Gasteiger charge is -2.13. The van der Waals surface area contributed by atoms with Crippen LogP contribution in [-0.4, -0.2) is 25.0 Å². The molecule has 0 atom stereocenters. The van der Waals surface area contributed by atoms with Gasteiger partial charge in [0.15, 0.2) is 0 Å². The molecule has 0 heterocycles. The van der Waals surface area contributed by atoms with Crippen LogP contribution >= 0.6 is 15.9 Å². The molecule has 0 aliphatic heterocycles. The predicted octanol–water partition coefficient (Wildman–Crippen LogP) is 1.87. The number of carbonyl (C=O) groups is 2. The predicted molar refractivity (Wildman–Crippen MR) is 69.1 cm³/mol. The minimum Gasteiger partial charge on any atom is -0.352 e. The summed E-state index contributed by atoms with van der Waals surface area (Å²) in [6, 6.07) is 2.46. The topological polar surface area (TPSA) is 84.2 Å². The number of carbonyl (C=O) groups excluding carboxylic acids is 2. The molecule has 0 aromatic heterocycles. The van der Waals surface area contributed by atoms with Crippen molar-refractivity contribution < 1.29 is 22.8 Å². The second-order valence-corrected chi connectivity index (χ2v) is 4.65. The van der Waals surface area contributed by atoms with Crippen LogP contribution in [0.25, 0.3) is 0 Å². The molecule has 9 heteroatoms. The standard InChI is InChI=1S/C11H11BrF3N3O2/c12-6-1-2-7(8(5-6)11(13,14)15)9(19)17-3-4-18-10(16)20/h1-2,5H,3-4H2,(H,17,19)(H3,16,18,20). The van der Waals surface area contributed by atoms with E-state index < -0.39 is 29.2 Å². The molecule has 0 aliphatic rings. The summed E-state index contributed by atoms with van der Waals surface area (Å²) in [6.07, 6.45) is -4.64. The highest BCUT2D eigenvalue weighted by molar-refractivity contribution is 9.10. The highest BCUT2D eigenvalue weighted by atomic mass is 79.9. The molecule has 1 aromatic carbocycles. The molecule has 110 valence electrons. The Morgan fingerprint density at radius 1 is 1.20 bits per heavy atom. The number of hydrogen-bond acceptors (Lipinski definition) is 2. The third kappa shape index (κ3) is 4.72. The summed E-state index contributed by atoms with van der Waals surface area (Å²) < 4.78 is 38.6. The zero-order valence-electron chi connectivity index (χ0n) is 10.1. The van der Waals surface area contributed by atoms with Crippen LogP contribution in [0.2, 0.25) is 0 Å². The number of alkyl halides is 3. The van der Waals surface area contributed by atoms with Crippen LogP contribution in [-0.2, 0) is 6.18 Å². The quantitative estimate of drug-likeness (QED) is 0.722. The molecule has 20 heavy (non-hydrogen) atoms. The minimum absolute atomic E-state index is 0.0267. The summed E-state index contributed by atoms with van der Waals surface area (Å²) in [6.45, 7) is -0.00587. The van der Waals surface area contributed by atoms with Crippen molar-refractivity contribution in [3.8, 4) is 0 Å². The summed E-state index contributed by atoms with van der Waals surface area (Å²) in [5.41, 5.74) is 3.28. The highest BCUT2D eigenvalue weighted by Crippen LogP contribution is 2.33. The molecule has 0 bridgehead atoms. The van der Waals surface area contributed by atoms with Gasteiger partial charge in [0.05, 0.1) is 11.1 Å². The summed E-state index contributed by atoms with van der Waals surface area (Å²) in [7, 11) is 0. The number of benzene rings is 1. The maximum absolute atomic E-state index is 12.8. The van der Waals surface area contributed by atoms with Gasteiger partial charge in [-0.25, -0.2) is 4.79 Å². The molecule has 5 nitrogen and oxygen atoms in total. The molecular formula is C11H11BrF3N3O2. The fraction of sp³-hybridized carbons (Fsp3) is 0.273. The van der Waals surface area contributed by atoms with Crippen molar-refractivity contribution in [2.75, 3.05) is 13.1 Å². The molecule has 0 saturated carbocycles. The molecular weight excluding hydrogens is 343 g/mol. The van der Waals surface area contributed by atoms with E-state index >= 15 is 0 Å². The Kier molecular flexibility index (Phi) is 5.37. The van der Waals surface area contributed by atoms with Crippen LogP contribution < -0.4 is 16.4 Å². The van der Waals surface area contributed by atoms with E-state index in [-0.39, 0.29) is 17.6 Å². The van der Waals surface area contributed by atoms with Gasteiger partial charge in [-0.1, -0.05) is 15.9 Å². The molecule has 3 amide bonds. The molecule has 0 saturated heterocycles. The first-order chi connectivity index (χ1) is 9.21. The zero-order chi connectivity index (χ0) is 15.3. The Bertz CT molecular complexity index is 520. The van der Waals surface area contributed by atoms with Crippen molar-refractivity contribution in [1.29, 1.82) is 0 Å². The molecule has 0 aliphatic carbocycles. The van der Waals surface area contributed by atoms with Gasteiger partial charge in [0.25, 0.3) is 5.91 Å². The van der Waals surface area contributed by atoms with E-state index in [4.69, 9.17) is 5.73 Å². The molecule has 0 fully saturated rings. The van der Waals surface area contributed by atoms with E-state index in [0.717, 1.165) is 12.1 Å². The lowest BCUT2D eigenvalue weighted by Crippen LogP contribution is -2.37. The maximum Gasteiger partial charge on any atom is 0.417 e. The van der Waals surface area contributed by atoms with Crippen molar-refractivity contribution in [2.45, 2.75) is 6.18 Å². The molecule has 4 N–H and O–H groups in total. The number of hydrogen-bond donors (Lipinski definition) is 3. The maximum atomic E-state index is 12.8. The summed E-state index contributed by atoms with van der Waals surface area (Å²) >= 11 is 2.92. The van der Waals surface area contributed by atoms with Crippen molar-refractivity contribution in [3.63, 3.8) is 0 Å². The monoisotopic (exact) mass is 353 g/mol. The second-order valence-electron chi connectivity index (χ2n) is 3.73. The van der Waals surface area contributed by atoms with E-state index in [1.807, 2.05) is 0 Å². The summed E-state index contributed by atoms with van der Waals surface area (Å²) in [5.74, 6) is -0.879. The van der Waals surface area contributed by atoms with Crippen molar-refractivity contribution in [1.82, 2.24) is 10.6 Å².